The molecular weight excluding hydrogens is 376 g/mol. The molecule has 1 aliphatic heterocycles. The van der Waals surface area contributed by atoms with Crippen molar-refractivity contribution in [2.75, 3.05) is 40.4 Å². The van der Waals surface area contributed by atoms with E-state index in [1.54, 1.807) is 11.3 Å². The maximum atomic E-state index is 11.9. The minimum absolute atomic E-state index is 0.132. The van der Waals surface area contributed by atoms with Crippen LogP contribution in [0.2, 0.25) is 0 Å². The van der Waals surface area contributed by atoms with Crippen molar-refractivity contribution in [2.24, 2.45) is 0 Å². The summed E-state index contributed by atoms with van der Waals surface area (Å²) in [5.41, 5.74) is 0. The molecule has 1 aromatic heterocycles. The minimum Gasteiger partial charge on any atom is -0.469 e. The highest BCUT2D eigenvalue weighted by atomic mass is 32.1. The van der Waals surface area contributed by atoms with Crippen LogP contribution in [0.3, 0.4) is 0 Å². The third-order valence-electron chi connectivity index (χ3n) is 4.10. The Morgan fingerprint density at radius 1 is 1.31 bits per heavy atom. The fourth-order valence-electron chi connectivity index (χ4n) is 2.68. The lowest BCUT2D eigenvalue weighted by Gasteiger charge is -2.27. The molecule has 1 aliphatic rings. The standard InChI is InChI=1S/C16H24N4O4S2/c1-23-14(21)10-12(15(22)24-2)18-16(25)20-6-3-5-19(7-8-20)11-13-17-4-9-26-13/h4,9,12H,3,5-8,10-11H2,1-2H3,(H,18,25). The Morgan fingerprint density at radius 3 is 2.77 bits per heavy atom. The molecule has 10 heteroatoms. The Bertz CT molecular complexity index is 611. The summed E-state index contributed by atoms with van der Waals surface area (Å²) in [6, 6.07) is -0.852. The smallest absolute Gasteiger partial charge is 0.328 e. The number of nitrogens with zero attached hydrogens (tertiary/aromatic N) is 3. The van der Waals surface area contributed by atoms with E-state index in [1.807, 2.05) is 16.5 Å². The number of carbonyl (C=O) groups is 2. The summed E-state index contributed by atoms with van der Waals surface area (Å²) in [6.45, 7) is 4.16. The van der Waals surface area contributed by atoms with Gasteiger partial charge >= 0.3 is 11.9 Å². The SMILES string of the molecule is COC(=O)CC(NC(=S)N1CCCN(Cc2nccs2)CC1)C(=O)OC. The molecule has 26 heavy (non-hydrogen) atoms. The number of thiocarbonyl (C=S) groups is 1. The number of rotatable bonds is 6. The quantitative estimate of drug-likeness (QED) is 0.546. The fraction of sp³-hybridized carbons (Fsp3) is 0.625. The van der Waals surface area contributed by atoms with Gasteiger partial charge in [-0.05, 0) is 18.6 Å². The predicted molar refractivity (Wildman–Crippen MR) is 102 cm³/mol. The van der Waals surface area contributed by atoms with Crippen molar-refractivity contribution in [2.45, 2.75) is 25.4 Å². The largest absolute Gasteiger partial charge is 0.469 e. The lowest BCUT2D eigenvalue weighted by atomic mass is 10.2. The molecule has 1 fully saturated rings. The monoisotopic (exact) mass is 400 g/mol. The van der Waals surface area contributed by atoms with Crippen LogP contribution in [0.15, 0.2) is 11.6 Å². The number of thiazole rings is 1. The molecule has 1 N–H and O–H groups in total. The van der Waals surface area contributed by atoms with Crippen LogP contribution < -0.4 is 5.32 Å². The second-order valence-electron chi connectivity index (χ2n) is 5.85. The van der Waals surface area contributed by atoms with Crippen LogP contribution in [0.4, 0.5) is 0 Å². The second-order valence-corrected chi connectivity index (χ2v) is 7.21. The van der Waals surface area contributed by atoms with Crippen LogP contribution in [-0.4, -0.2) is 78.3 Å². The Labute approximate surface area is 162 Å². The summed E-state index contributed by atoms with van der Waals surface area (Å²) in [5, 5.41) is 6.47. The van der Waals surface area contributed by atoms with E-state index in [9.17, 15) is 9.59 Å². The van der Waals surface area contributed by atoms with Crippen LogP contribution in [0, 0.1) is 0 Å². The molecule has 0 saturated carbocycles. The van der Waals surface area contributed by atoms with Gasteiger partial charge in [0.2, 0.25) is 0 Å². The van der Waals surface area contributed by atoms with Gasteiger partial charge in [0.25, 0.3) is 0 Å². The van der Waals surface area contributed by atoms with E-state index in [0.29, 0.717) is 5.11 Å². The number of carbonyl (C=O) groups excluding carboxylic acids is 2. The average molecular weight is 401 g/mol. The van der Waals surface area contributed by atoms with Gasteiger partial charge in [0.05, 0.1) is 27.2 Å². The van der Waals surface area contributed by atoms with Crippen molar-refractivity contribution in [3.05, 3.63) is 16.6 Å². The lowest BCUT2D eigenvalue weighted by molar-refractivity contribution is -0.149. The van der Waals surface area contributed by atoms with Crippen LogP contribution in [-0.2, 0) is 25.6 Å². The van der Waals surface area contributed by atoms with Gasteiger partial charge in [-0.2, -0.15) is 0 Å². The molecule has 0 aromatic carbocycles. The first-order chi connectivity index (χ1) is 12.5. The van der Waals surface area contributed by atoms with Crippen molar-refractivity contribution < 1.29 is 19.1 Å². The van der Waals surface area contributed by atoms with Crippen molar-refractivity contribution in [1.82, 2.24) is 20.1 Å². The maximum absolute atomic E-state index is 11.9. The number of aromatic nitrogens is 1. The van der Waals surface area contributed by atoms with Gasteiger partial charge in [0, 0.05) is 37.8 Å². The van der Waals surface area contributed by atoms with Crippen LogP contribution in [0.5, 0.6) is 0 Å². The van der Waals surface area contributed by atoms with Gasteiger partial charge in [0.1, 0.15) is 11.0 Å². The molecule has 1 unspecified atom stereocenters. The molecule has 144 valence electrons. The van der Waals surface area contributed by atoms with Crippen molar-refractivity contribution in [3.63, 3.8) is 0 Å². The first-order valence-electron chi connectivity index (χ1n) is 8.34. The highest BCUT2D eigenvalue weighted by molar-refractivity contribution is 7.80. The number of hydrogen-bond acceptors (Lipinski definition) is 8. The summed E-state index contributed by atoms with van der Waals surface area (Å²) >= 11 is 7.10. The average Bonchev–Trinajstić information content (AvgIpc) is 3.04. The normalized spacial score (nSPS) is 16.5. The molecule has 8 nitrogen and oxygen atoms in total. The molecule has 2 rings (SSSR count). The van der Waals surface area contributed by atoms with Crippen molar-refractivity contribution in [3.8, 4) is 0 Å². The van der Waals surface area contributed by atoms with E-state index >= 15 is 0 Å². The molecule has 1 aromatic rings. The molecule has 1 saturated heterocycles. The highest BCUT2D eigenvalue weighted by Crippen LogP contribution is 2.11. The van der Waals surface area contributed by atoms with E-state index in [1.165, 1.54) is 14.2 Å². The Hall–Kier alpha value is -1.78. The lowest BCUT2D eigenvalue weighted by Crippen LogP contribution is -2.49. The summed E-state index contributed by atoms with van der Waals surface area (Å²) in [7, 11) is 2.56. The van der Waals surface area contributed by atoms with Crippen LogP contribution in [0.25, 0.3) is 0 Å². The number of nitrogens with one attached hydrogen (secondary N) is 1. The molecule has 0 bridgehead atoms. The third-order valence-corrected chi connectivity index (χ3v) is 5.24. The molecule has 1 atom stereocenters. The number of esters is 2. The van der Waals surface area contributed by atoms with Crippen LogP contribution >= 0.6 is 23.6 Å². The maximum Gasteiger partial charge on any atom is 0.328 e. The first-order valence-corrected chi connectivity index (χ1v) is 9.63. The number of ether oxygens (including phenoxy) is 2. The van der Waals surface area contributed by atoms with Crippen molar-refractivity contribution in [1.29, 1.82) is 0 Å². The number of hydrogen-bond donors (Lipinski definition) is 1. The van der Waals surface area contributed by atoms with E-state index in [4.69, 9.17) is 17.0 Å². The van der Waals surface area contributed by atoms with Gasteiger partial charge < -0.3 is 19.7 Å². The molecule has 0 radical (unpaired) electrons. The first kappa shape index (κ1) is 20.5. The second kappa shape index (κ2) is 10.4. The van der Waals surface area contributed by atoms with Gasteiger partial charge in [-0.25, -0.2) is 9.78 Å². The summed E-state index contributed by atoms with van der Waals surface area (Å²) < 4.78 is 9.38. The third kappa shape index (κ3) is 6.19. The van der Waals surface area contributed by atoms with Gasteiger partial charge in [-0.1, -0.05) is 0 Å². The van der Waals surface area contributed by atoms with Gasteiger partial charge in [-0.3, -0.25) is 9.69 Å². The van der Waals surface area contributed by atoms with E-state index in [-0.39, 0.29) is 6.42 Å². The molecular formula is C16H24N4O4S2. The molecule has 0 aliphatic carbocycles. The van der Waals surface area contributed by atoms with Gasteiger partial charge in [-0.15, -0.1) is 11.3 Å². The van der Waals surface area contributed by atoms with Crippen LogP contribution in [0.1, 0.15) is 17.8 Å². The topological polar surface area (TPSA) is 84.0 Å². The molecule has 0 amide bonds. The minimum atomic E-state index is -0.852. The van der Waals surface area contributed by atoms with E-state index < -0.39 is 18.0 Å². The molecule has 2 heterocycles. The Kier molecular flexibility index (Phi) is 8.20. The fourth-order valence-corrected chi connectivity index (χ4v) is 3.66. The van der Waals surface area contributed by atoms with Crippen molar-refractivity contribution >= 4 is 40.6 Å². The Morgan fingerprint density at radius 2 is 2.12 bits per heavy atom. The molecule has 0 spiro atoms. The highest BCUT2D eigenvalue weighted by Gasteiger charge is 2.26. The van der Waals surface area contributed by atoms with E-state index in [2.05, 4.69) is 19.9 Å². The zero-order valence-corrected chi connectivity index (χ0v) is 16.6. The predicted octanol–water partition coefficient (Wildman–Crippen LogP) is 0.630. The van der Waals surface area contributed by atoms with E-state index in [0.717, 1.165) is 44.2 Å². The number of methoxy groups -OCH3 is 2. The summed E-state index contributed by atoms with van der Waals surface area (Å²) in [4.78, 5) is 32.1. The zero-order chi connectivity index (χ0) is 18.9. The summed E-state index contributed by atoms with van der Waals surface area (Å²) in [6.07, 6.45) is 2.64. The Balaban J connectivity index is 1.89. The zero-order valence-electron chi connectivity index (χ0n) is 15.0. The summed E-state index contributed by atoms with van der Waals surface area (Å²) in [5.74, 6) is -1.04. The van der Waals surface area contributed by atoms with Gasteiger partial charge in [0.15, 0.2) is 5.11 Å².